The van der Waals surface area contributed by atoms with Gasteiger partial charge in [-0.15, -0.1) is 5.10 Å². The Labute approximate surface area is 260 Å². The van der Waals surface area contributed by atoms with Crippen LogP contribution in [0.3, 0.4) is 0 Å². The van der Waals surface area contributed by atoms with Crippen LogP contribution in [-0.2, 0) is 32.0 Å². The highest BCUT2D eigenvalue weighted by atomic mass is 31.3. The summed E-state index contributed by atoms with van der Waals surface area (Å²) in [4.78, 5) is 31.6. The Hall–Kier alpha value is -3.00. The average Bonchev–Trinajstić information content (AvgIpc) is 3.67. The standard InChI is InChI=1S/C25H31N5O14P2/c1-13-5-2-3-7-15(13)16-10-30(28-27-16)25-22(34)20(32)18(43-25)12-41-46(38,39)44-45(36,37)40-11-17-19(31)21(33)24(42-17)29-8-4-6-14(9-29)23(26)35/h2-10,17-22,24-25,31-34H,11-12H2,1H3,(H3-,26,35,36,37,38,39)/p+1/t17-,18+,19-,20+,21-,22+,24-,25+/m1/s1. The molecular weight excluding hydrogens is 656 g/mol. The number of carbonyl (C=O) groups excluding carboxylic acids is 1. The van der Waals surface area contributed by atoms with E-state index in [4.69, 9.17) is 24.3 Å². The van der Waals surface area contributed by atoms with Gasteiger partial charge >= 0.3 is 15.6 Å². The molecule has 4 heterocycles. The van der Waals surface area contributed by atoms with Gasteiger partial charge in [-0.25, -0.2) is 13.8 Å². The third-order valence-corrected chi connectivity index (χ3v) is 9.88. The number of amides is 1. The van der Waals surface area contributed by atoms with E-state index in [0.717, 1.165) is 15.8 Å². The zero-order valence-corrected chi connectivity index (χ0v) is 25.7. The number of aliphatic hydroxyl groups is 4. The molecule has 1 amide bonds. The minimum atomic E-state index is -5.36. The van der Waals surface area contributed by atoms with Crippen LogP contribution < -0.4 is 10.3 Å². The zero-order valence-electron chi connectivity index (χ0n) is 23.9. The Morgan fingerprint density at radius 2 is 1.59 bits per heavy atom. The van der Waals surface area contributed by atoms with E-state index in [-0.39, 0.29) is 5.56 Å². The maximum absolute atomic E-state index is 12.5. The van der Waals surface area contributed by atoms with Crippen LogP contribution in [0.25, 0.3) is 11.3 Å². The number of aromatic nitrogens is 4. The summed E-state index contributed by atoms with van der Waals surface area (Å²) in [7, 11) is -10.7. The molecule has 21 heteroatoms. The van der Waals surface area contributed by atoms with Crippen molar-refractivity contribution in [3.8, 4) is 11.3 Å². The third kappa shape index (κ3) is 7.58. The number of nitrogens with two attached hydrogens (primary N) is 1. The molecule has 0 aliphatic carbocycles. The van der Waals surface area contributed by atoms with Crippen molar-refractivity contribution in [2.75, 3.05) is 13.2 Å². The number of rotatable bonds is 12. The average molecular weight is 689 g/mol. The number of nitrogens with zero attached hydrogens (tertiary/aromatic N) is 4. The SMILES string of the molecule is Cc1ccccc1-c1cn([C@H]2O[C@@H](COP(=O)(O)OP(=O)(O)OC[C@H]3O[C@@H]([n+]4cccc(C(N)=O)c4)[C@H](O)[C@@H]3O)[C@H](O)[C@@H]2O)nn1. The van der Waals surface area contributed by atoms with Crippen LogP contribution in [-0.4, -0.2) is 101 Å². The minimum Gasteiger partial charge on any atom is -0.387 e. The summed E-state index contributed by atoms with van der Waals surface area (Å²) in [6.45, 7) is 0.110. The molecule has 10 atom stereocenters. The molecule has 0 bridgehead atoms. The van der Waals surface area contributed by atoms with Crippen molar-refractivity contribution < 1.29 is 71.5 Å². The Morgan fingerprint density at radius 1 is 0.957 bits per heavy atom. The number of hydrogen-bond acceptors (Lipinski definition) is 14. The first kappa shape index (κ1) is 34.3. The number of phosphoric ester groups is 2. The lowest BCUT2D eigenvalue weighted by Gasteiger charge is -2.20. The van der Waals surface area contributed by atoms with Crippen LogP contribution in [0.1, 0.15) is 28.4 Å². The first-order valence-electron chi connectivity index (χ1n) is 13.6. The summed E-state index contributed by atoms with van der Waals surface area (Å²) in [6.07, 6.45) is -7.59. The fourth-order valence-corrected chi connectivity index (χ4v) is 6.98. The topological polar surface area (TPSA) is 279 Å². The smallest absolute Gasteiger partial charge is 0.387 e. The number of phosphoric acid groups is 2. The highest BCUT2D eigenvalue weighted by Gasteiger charge is 2.50. The van der Waals surface area contributed by atoms with E-state index in [0.29, 0.717) is 5.69 Å². The molecule has 2 aliphatic heterocycles. The van der Waals surface area contributed by atoms with Gasteiger partial charge in [-0.3, -0.25) is 13.8 Å². The normalized spacial score (nSPS) is 30.6. The predicted octanol–water partition coefficient (Wildman–Crippen LogP) is -1.17. The van der Waals surface area contributed by atoms with Gasteiger partial charge in [0.15, 0.2) is 24.7 Å². The number of aliphatic hydroxyl groups excluding tert-OH is 4. The summed E-state index contributed by atoms with van der Waals surface area (Å²) in [5, 5.41) is 49.7. The Kier molecular flexibility index (Phi) is 10.2. The van der Waals surface area contributed by atoms with Crippen LogP contribution in [0.5, 0.6) is 0 Å². The molecule has 2 unspecified atom stereocenters. The fourth-order valence-electron chi connectivity index (χ4n) is 4.89. The Balaban J connectivity index is 1.14. The van der Waals surface area contributed by atoms with Crippen LogP contribution >= 0.6 is 15.6 Å². The lowest BCUT2D eigenvalue weighted by atomic mass is 10.1. The van der Waals surface area contributed by atoms with E-state index in [1.165, 1.54) is 35.3 Å². The van der Waals surface area contributed by atoms with E-state index in [1.807, 2.05) is 31.2 Å². The van der Waals surface area contributed by atoms with E-state index in [2.05, 4.69) is 14.6 Å². The quantitative estimate of drug-likeness (QED) is 0.0872. The van der Waals surface area contributed by atoms with Crippen LogP contribution in [0.4, 0.5) is 0 Å². The van der Waals surface area contributed by atoms with E-state index >= 15 is 0 Å². The number of benzene rings is 1. The zero-order chi connectivity index (χ0) is 33.4. The van der Waals surface area contributed by atoms with Gasteiger partial charge in [-0.2, -0.15) is 8.88 Å². The van der Waals surface area contributed by atoms with Gasteiger partial charge in [0.25, 0.3) is 12.1 Å². The van der Waals surface area contributed by atoms with E-state index < -0.39 is 83.8 Å². The monoisotopic (exact) mass is 688 g/mol. The summed E-state index contributed by atoms with van der Waals surface area (Å²) >= 11 is 0. The van der Waals surface area contributed by atoms with Gasteiger partial charge in [-0.05, 0) is 18.6 Å². The van der Waals surface area contributed by atoms with E-state index in [1.54, 1.807) is 0 Å². The Bertz CT molecular complexity index is 1660. The summed E-state index contributed by atoms with van der Waals surface area (Å²) in [5.74, 6) is -0.760. The third-order valence-electron chi connectivity index (χ3n) is 7.28. The molecule has 0 spiro atoms. The summed E-state index contributed by atoms with van der Waals surface area (Å²) in [5.41, 5.74) is 7.48. The van der Waals surface area contributed by atoms with Crippen LogP contribution in [0.2, 0.25) is 0 Å². The predicted molar refractivity (Wildman–Crippen MR) is 150 cm³/mol. The number of pyridine rings is 1. The molecule has 2 aromatic heterocycles. The molecule has 8 N–H and O–H groups in total. The molecule has 250 valence electrons. The second kappa shape index (κ2) is 13.6. The first-order valence-corrected chi connectivity index (χ1v) is 16.6. The van der Waals surface area contributed by atoms with Gasteiger partial charge in [0.2, 0.25) is 0 Å². The maximum atomic E-state index is 12.5. The van der Waals surface area contributed by atoms with Crippen molar-refractivity contribution in [2.24, 2.45) is 5.73 Å². The largest absolute Gasteiger partial charge is 0.481 e. The van der Waals surface area contributed by atoms with Gasteiger partial charge in [-0.1, -0.05) is 29.5 Å². The molecule has 3 aromatic rings. The van der Waals surface area contributed by atoms with Crippen molar-refractivity contribution in [1.29, 1.82) is 0 Å². The first-order chi connectivity index (χ1) is 21.7. The molecule has 0 saturated carbocycles. The van der Waals surface area contributed by atoms with Crippen molar-refractivity contribution in [3.63, 3.8) is 0 Å². The molecule has 2 aliphatic rings. The lowest BCUT2D eigenvalue weighted by Crippen LogP contribution is -2.46. The van der Waals surface area contributed by atoms with Crippen LogP contribution in [0.15, 0.2) is 55.0 Å². The Morgan fingerprint density at radius 3 is 2.24 bits per heavy atom. The number of carbonyl (C=O) groups is 1. The number of hydrogen-bond donors (Lipinski definition) is 7. The molecule has 0 radical (unpaired) electrons. The van der Waals surface area contributed by atoms with Crippen molar-refractivity contribution >= 4 is 21.6 Å². The highest BCUT2D eigenvalue weighted by Crippen LogP contribution is 2.60. The van der Waals surface area contributed by atoms with Gasteiger partial charge < -0.3 is 45.4 Å². The second-order valence-corrected chi connectivity index (χ2v) is 13.5. The molecule has 46 heavy (non-hydrogen) atoms. The molecule has 2 saturated heterocycles. The second-order valence-electron chi connectivity index (χ2n) is 10.5. The van der Waals surface area contributed by atoms with Gasteiger partial charge in [0.05, 0.1) is 19.4 Å². The van der Waals surface area contributed by atoms with E-state index in [9.17, 15) is 44.1 Å². The molecule has 2 fully saturated rings. The summed E-state index contributed by atoms with van der Waals surface area (Å²) in [6, 6.07) is 10.2. The fraction of sp³-hybridized carbons (Fsp3) is 0.440. The minimum absolute atomic E-state index is 0.0747. The number of ether oxygens (including phenoxy) is 2. The number of aryl methyl sites for hydroxylation is 1. The van der Waals surface area contributed by atoms with Crippen molar-refractivity contribution in [3.05, 3.63) is 66.1 Å². The molecular formula is C25H32N5O14P2+. The van der Waals surface area contributed by atoms with Gasteiger partial charge in [0, 0.05) is 11.6 Å². The lowest BCUT2D eigenvalue weighted by molar-refractivity contribution is -0.765. The van der Waals surface area contributed by atoms with Crippen molar-refractivity contribution in [1.82, 2.24) is 15.0 Å². The number of primary amides is 1. The molecule has 1 aromatic carbocycles. The van der Waals surface area contributed by atoms with Gasteiger partial charge in [0.1, 0.15) is 41.8 Å². The van der Waals surface area contributed by atoms with Crippen LogP contribution in [0, 0.1) is 6.92 Å². The van der Waals surface area contributed by atoms with Crippen molar-refractivity contribution in [2.45, 2.75) is 56.0 Å². The summed E-state index contributed by atoms with van der Waals surface area (Å²) < 4.78 is 52.1. The molecule has 5 rings (SSSR count). The highest BCUT2D eigenvalue weighted by molar-refractivity contribution is 7.61. The molecule has 19 nitrogen and oxygen atoms in total. The maximum Gasteiger partial charge on any atom is 0.481 e.